The van der Waals surface area contributed by atoms with E-state index in [9.17, 15) is 4.79 Å². The van der Waals surface area contributed by atoms with Gasteiger partial charge < -0.3 is 0 Å². The molecule has 18 heavy (non-hydrogen) atoms. The van der Waals surface area contributed by atoms with Gasteiger partial charge in [-0.3, -0.25) is 15.2 Å². The van der Waals surface area contributed by atoms with Gasteiger partial charge in [0.1, 0.15) is 5.82 Å². The molecule has 2 aromatic heterocycles. The molecule has 2 aromatic rings. The Bertz CT molecular complexity index is 577. The minimum Gasteiger partial charge on any atom is -0.289 e. The predicted molar refractivity (Wildman–Crippen MR) is 65.2 cm³/mol. The van der Waals surface area contributed by atoms with Crippen LogP contribution in [0.25, 0.3) is 0 Å². The summed E-state index contributed by atoms with van der Waals surface area (Å²) < 4.78 is 0. The van der Waals surface area contributed by atoms with Gasteiger partial charge in [0.2, 0.25) is 5.95 Å². The number of aromatic nitrogens is 5. The van der Waals surface area contributed by atoms with Crippen molar-refractivity contribution >= 4 is 11.9 Å². The van der Waals surface area contributed by atoms with E-state index < -0.39 is 0 Å². The summed E-state index contributed by atoms with van der Waals surface area (Å²) in [6, 6.07) is 1.71. The monoisotopic (exact) mass is 246 g/mol. The molecule has 0 aliphatic heterocycles. The van der Waals surface area contributed by atoms with Crippen LogP contribution in [0.15, 0.2) is 6.07 Å². The normalized spacial score (nSPS) is 10.4. The molecule has 94 valence electrons. The van der Waals surface area contributed by atoms with Crippen LogP contribution in [0.3, 0.4) is 0 Å². The Balaban J connectivity index is 2.25. The van der Waals surface area contributed by atoms with Crippen molar-refractivity contribution in [1.82, 2.24) is 25.4 Å². The molecule has 0 saturated carbocycles. The quantitative estimate of drug-likeness (QED) is 0.843. The summed E-state index contributed by atoms with van der Waals surface area (Å²) >= 11 is 0. The number of aromatic amines is 1. The van der Waals surface area contributed by atoms with Crippen LogP contribution in [0, 0.1) is 13.8 Å². The van der Waals surface area contributed by atoms with Crippen molar-refractivity contribution in [3.63, 3.8) is 0 Å². The van der Waals surface area contributed by atoms with Crippen LogP contribution in [0.4, 0.5) is 5.95 Å². The number of H-pyrrole nitrogens is 1. The van der Waals surface area contributed by atoms with Gasteiger partial charge in [-0.25, -0.2) is 0 Å². The SMILES string of the molecule is CCc1nnc(C)cc1C(=O)Nc1n[nH]c(C)n1. The second kappa shape index (κ2) is 4.91. The van der Waals surface area contributed by atoms with E-state index in [4.69, 9.17) is 0 Å². The molecular formula is C11H14N6O. The number of amides is 1. The topological polar surface area (TPSA) is 96.5 Å². The number of carbonyl (C=O) groups is 1. The van der Waals surface area contributed by atoms with Gasteiger partial charge >= 0.3 is 0 Å². The Hall–Kier alpha value is -2.31. The summed E-state index contributed by atoms with van der Waals surface area (Å²) in [7, 11) is 0. The number of rotatable bonds is 3. The summed E-state index contributed by atoms with van der Waals surface area (Å²) in [6.45, 7) is 5.48. The lowest BCUT2D eigenvalue weighted by molar-refractivity contribution is 0.102. The molecule has 0 radical (unpaired) electrons. The minimum atomic E-state index is -0.274. The molecule has 2 rings (SSSR count). The molecule has 0 atom stereocenters. The zero-order chi connectivity index (χ0) is 13.1. The fourth-order valence-corrected chi connectivity index (χ4v) is 1.54. The van der Waals surface area contributed by atoms with E-state index in [0.29, 0.717) is 29.2 Å². The Morgan fingerprint density at radius 2 is 2.17 bits per heavy atom. The zero-order valence-corrected chi connectivity index (χ0v) is 10.5. The number of anilines is 1. The Labute approximate surface area is 104 Å². The Morgan fingerprint density at radius 3 is 2.78 bits per heavy atom. The number of hydrogen-bond acceptors (Lipinski definition) is 5. The van der Waals surface area contributed by atoms with Crippen molar-refractivity contribution in [2.45, 2.75) is 27.2 Å². The van der Waals surface area contributed by atoms with Gasteiger partial charge in [-0.1, -0.05) is 6.92 Å². The highest BCUT2D eigenvalue weighted by Crippen LogP contribution is 2.09. The molecule has 0 unspecified atom stereocenters. The number of aryl methyl sites for hydroxylation is 3. The van der Waals surface area contributed by atoms with Crippen LogP contribution in [0.2, 0.25) is 0 Å². The third-order valence-corrected chi connectivity index (χ3v) is 2.39. The van der Waals surface area contributed by atoms with Gasteiger partial charge in [0, 0.05) is 0 Å². The van der Waals surface area contributed by atoms with Gasteiger partial charge in [0.15, 0.2) is 0 Å². The number of nitrogens with zero attached hydrogens (tertiary/aromatic N) is 4. The van der Waals surface area contributed by atoms with Crippen molar-refractivity contribution in [2.24, 2.45) is 0 Å². The van der Waals surface area contributed by atoms with Crippen LogP contribution >= 0.6 is 0 Å². The van der Waals surface area contributed by atoms with Crippen molar-refractivity contribution in [2.75, 3.05) is 5.32 Å². The number of nitrogens with one attached hydrogen (secondary N) is 2. The van der Waals surface area contributed by atoms with E-state index in [1.807, 2.05) is 6.92 Å². The molecule has 2 heterocycles. The summed E-state index contributed by atoms with van der Waals surface area (Å²) in [5, 5.41) is 17.1. The third kappa shape index (κ3) is 2.50. The molecule has 0 bridgehead atoms. The second-order valence-corrected chi connectivity index (χ2v) is 3.90. The largest absolute Gasteiger partial charge is 0.289 e. The molecule has 0 saturated heterocycles. The zero-order valence-electron chi connectivity index (χ0n) is 10.5. The molecular weight excluding hydrogens is 232 g/mol. The molecule has 7 nitrogen and oxygen atoms in total. The molecule has 2 N–H and O–H groups in total. The summed E-state index contributed by atoms with van der Waals surface area (Å²) in [6.07, 6.45) is 0.642. The van der Waals surface area contributed by atoms with E-state index in [1.165, 1.54) is 0 Å². The molecule has 0 fully saturated rings. The molecule has 1 amide bonds. The molecule has 0 spiro atoms. The standard InChI is InChI=1S/C11H14N6O/c1-4-9-8(5-6(2)14-16-9)10(18)13-11-12-7(3)15-17-11/h5H,4H2,1-3H3,(H2,12,13,15,17,18). The Morgan fingerprint density at radius 1 is 1.39 bits per heavy atom. The first-order valence-corrected chi connectivity index (χ1v) is 5.63. The van der Waals surface area contributed by atoms with Gasteiger partial charge in [-0.05, 0) is 26.3 Å². The van der Waals surface area contributed by atoms with Crippen LogP contribution in [0.5, 0.6) is 0 Å². The lowest BCUT2D eigenvalue weighted by Gasteiger charge is -2.05. The van der Waals surface area contributed by atoms with Gasteiger partial charge in [0.05, 0.1) is 17.0 Å². The minimum absolute atomic E-state index is 0.258. The van der Waals surface area contributed by atoms with Gasteiger partial charge in [-0.2, -0.15) is 15.2 Å². The molecule has 7 heteroatoms. The highest BCUT2D eigenvalue weighted by Gasteiger charge is 2.14. The predicted octanol–water partition coefficient (Wildman–Crippen LogP) is 1.03. The number of carbonyl (C=O) groups excluding carboxylic acids is 1. The first-order chi connectivity index (χ1) is 8.60. The molecule has 0 aromatic carbocycles. The highest BCUT2D eigenvalue weighted by molar-refractivity contribution is 6.04. The van der Waals surface area contributed by atoms with Crippen LogP contribution < -0.4 is 5.32 Å². The fraction of sp³-hybridized carbons (Fsp3) is 0.364. The smallest absolute Gasteiger partial charge is 0.260 e. The average molecular weight is 246 g/mol. The Kier molecular flexibility index (Phi) is 3.31. The van der Waals surface area contributed by atoms with E-state index in [-0.39, 0.29) is 11.9 Å². The average Bonchev–Trinajstić information content (AvgIpc) is 2.74. The van der Waals surface area contributed by atoms with Crippen molar-refractivity contribution in [3.05, 3.63) is 28.8 Å². The molecule has 0 aliphatic rings. The van der Waals surface area contributed by atoms with Crippen molar-refractivity contribution in [1.29, 1.82) is 0 Å². The van der Waals surface area contributed by atoms with Crippen molar-refractivity contribution < 1.29 is 4.79 Å². The maximum atomic E-state index is 12.1. The fourth-order valence-electron chi connectivity index (χ4n) is 1.54. The lowest BCUT2D eigenvalue weighted by atomic mass is 10.1. The van der Waals surface area contributed by atoms with Crippen LogP contribution in [0.1, 0.15) is 34.5 Å². The number of hydrogen-bond donors (Lipinski definition) is 2. The summed E-state index contributed by atoms with van der Waals surface area (Å²) in [5.41, 5.74) is 1.86. The molecule has 0 aliphatic carbocycles. The highest BCUT2D eigenvalue weighted by atomic mass is 16.1. The second-order valence-electron chi connectivity index (χ2n) is 3.90. The summed E-state index contributed by atoms with van der Waals surface area (Å²) in [4.78, 5) is 16.1. The van der Waals surface area contributed by atoms with E-state index in [2.05, 4.69) is 30.7 Å². The van der Waals surface area contributed by atoms with E-state index in [1.54, 1.807) is 19.9 Å². The first kappa shape index (κ1) is 12.2. The van der Waals surface area contributed by atoms with Crippen LogP contribution in [-0.4, -0.2) is 31.3 Å². The van der Waals surface area contributed by atoms with Gasteiger partial charge in [-0.15, -0.1) is 5.10 Å². The van der Waals surface area contributed by atoms with E-state index >= 15 is 0 Å². The van der Waals surface area contributed by atoms with Crippen LogP contribution in [-0.2, 0) is 6.42 Å². The third-order valence-electron chi connectivity index (χ3n) is 2.39. The lowest BCUT2D eigenvalue weighted by Crippen LogP contribution is -2.17. The first-order valence-electron chi connectivity index (χ1n) is 5.63. The maximum absolute atomic E-state index is 12.1. The maximum Gasteiger partial charge on any atom is 0.260 e. The van der Waals surface area contributed by atoms with Crippen molar-refractivity contribution in [3.8, 4) is 0 Å². The summed E-state index contributed by atoms with van der Waals surface area (Å²) in [5.74, 6) is 0.628. The van der Waals surface area contributed by atoms with E-state index in [0.717, 1.165) is 0 Å². The van der Waals surface area contributed by atoms with Gasteiger partial charge in [0.25, 0.3) is 5.91 Å².